The Morgan fingerprint density at radius 3 is 2.77 bits per heavy atom. The first-order valence-electron chi connectivity index (χ1n) is 9.54. The van der Waals surface area contributed by atoms with Crippen molar-refractivity contribution >= 4 is 56.6 Å². The summed E-state index contributed by atoms with van der Waals surface area (Å²) in [7, 11) is 0. The Hall–Kier alpha value is -1.77. The van der Waals surface area contributed by atoms with Crippen LogP contribution in [-0.2, 0) is 4.74 Å². The number of fused-ring (bicyclic) bond motifs is 1. The van der Waals surface area contributed by atoms with Gasteiger partial charge in [-0.05, 0) is 36.8 Å². The van der Waals surface area contributed by atoms with Crippen molar-refractivity contribution in [2.24, 2.45) is 0 Å². The van der Waals surface area contributed by atoms with E-state index in [9.17, 15) is 9.18 Å². The van der Waals surface area contributed by atoms with Gasteiger partial charge in [-0.15, -0.1) is 12.4 Å². The molecule has 30 heavy (non-hydrogen) atoms. The molecular weight excluding hydrogens is 448 g/mol. The van der Waals surface area contributed by atoms with Gasteiger partial charge < -0.3 is 4.74 Å². The van der Waals surface area contributed by atoms with Crippen molar-refractivity contribution in [1.29, 1.82) is 0 Å². The third-order valence-corrected chi connectivity index (χ3v) is 6.25. The minimum Gasteiger partial charge on any atom is -0.379 e. The summed E-state index contributed by atoms with van der Waals surface area (Å²) in [5.74, 6) is -0.513. The number of carbonyl (C=O) groups excluding carboxylic acids is 1. The molecule has 1 aliphatic heterocycles. The summed E-state index contributed by atoms with van der Waals surface area (Å²) in [5.41, 5.74) is 1.11. The topological polar surface area (TPSA) is 45.7 Å². The molecule has 0 N–H and O–H groups in total. The minimum absolute atomic E-state index is 0. The molecule has 0 atom stereocenters. The molecule has 0 spiro atoms. The normalized spacial score (nSPS) is 14.5. The number of nitrogens with zero attached hydrogens (tertiary/aromatic N) is 3. The first-order valence-corrected chi connectivity index (χ1v) is 10.7. The number of hydrogen-bond acceptors (Lipinski definition) is 5. The summed E-state index contributed by atoms with van der Waals surface area (Å²) >= 11 is 7.58. The van der Waals surface area contributed by atoms with E-state index in [-0.39, 0.29) is 24.1 Å². The van der Waals surface area contributed by atoms with Gasteiger partial charge in [0.1, 0.15) is 5.82 Å². The molecule has 4 rings (SSSR count). The van der Waals surface area contributed by atoms with Crippen LogP contribution in [0.4, 0.5) is 9.52 Å². The van der Waals surface area contributed by atoms with Gasteiger partial charge >= 0.3 is 0 Å². The van der Waals surface area contributed by atoms with Crippen LogP contribution in [0.2, 0.25) is 5.02 Å². The van der Waals surface area contributed by atoms with Gasteiger partial charge in [0.05, 0.1) is 34.0 Å². The number of morpholine rings is 1. The predicted octanol–water partition coefficient (Wildman–Crippen LogP) is 4.88. The highest BCUT2D eigenvalue weighted by atomic mass is 35.5. The molecule has 3 aromatic rings. The van der Waals surface area contributed by atoms with Crippen molar-refractivity contribution in [1.82, 2.24) is 9.88 Å². The van der Waals surface area contributed by atoms with Crippen LogP contribution in [-0.4, -0.2) is 55.2 Å². The fraction of sp³-hybridized carbons (Fsp3) is 0.333. The lowest BCUT2D eigenvalue weighted by molar-refractivity contribution is 0.0376. The van der Waals surface area contributed by atoms with Crippen LogP contribution in [0.1, 0.15) is 16.8 Å². The number of hydrogen-bond donors (Lipinski definition) is 0. The number of anilines is 1. The zero-order chi connectivity index (χ0) is 20.2. The Bertz CT molecular complexity index is 1010. The predicted molar refractivity (Wildman–Crippen MR) is 122 cm³/mol. The molecule has 0 bridgehead atoms. The molecule has 2 aromatic carbocycles. The minimum atomic E-state index is -0.316. The average molecular weight is 470 g/mol. The van der Waals surface area contributed by atoms with Crippen molar-refractivity contribution in [2.75, 3.05) is 44.3 Å². The van der Waals surface area contributed by atoms with Crippen molar-refractivity contribution in [2.45, 2.75) is 6.42 Å². The van der Waals surface area contributed by atoms with Crippen LogP contribution < -0.4 is 4.90 Å². The number of amides is 1. The van der Waals surface area contributed by atoms with Gasteiger partial charge in [-0.2, -0.15) is 0 Å². The first-order chi connectivity index (χ1) is 14.1. The number of halogens is 3. The average Bonchev–Trinajstić information content (AvgIpc) is 3.14. The Kier molecular flexibility index (Phi) is 8.02. The summed E-state index contributed by atoms with van der Waals surface area (Å²) in [6.07, 6.45) is 0.792. The fourth-order valence-electron chi connectivity index (χ4n) is 3.34. The zero-order valence-corrected chi connectivity index (χ0v) is 18.6. The standard InChI is InChI=1S/C21H21ClFN3O2S.ClH/c22-17-5-2-1-4-16(17)20(27)26(9-3-8-25-10-12-28-13-11-25)21-24-18-7-6-15(23)14-19(18)29-21;/h1-2,4-7,14H,3,8-13H2;1H. The molecule has 1 saturated heterocycles. The van der Waals surface area contributed by atoms with Crippen LogP contribution in [0, 0.1) is 5.82 Å². The molecule has 0 aliphatic carbocycles. The van der Waals surface area contributed by atoms with Crippen LogP contribution in [0.3, 0.4) is 0 Å². The monoisotopic (exact) mass is 469 g/mol. The van der Waals surface area contributed by atoms with E-state index in [0.717, 1.165) is 39.3 Å². The quantitative estimate of drug-likeness (QED) is 0.515. The van der Waals surface area contributed by atoms with Crippen LogP contribution >= 0.6 is 35.3 Å². The lowest BCUT2D eigenvalue weighted by atomic mass is 10.2. The third-order valence-electron chi connectivity index (χ3n) is 4.88. The van der Waals surface area contributed by atoms with Gasteiger partial charge in [0.25, 0.3) is 5.91 Å². The Morgan fingerprint density at radius 1 is 1.23 bits per heavy atom. The van der Waals surface area contributed by atoms with Gasteiger partial charge in [0.2, 0.25) is 0 Å². The number of thiazole rings is 1. The molecule has 1 fully saturated rings. The number of carbonyl (C=O) groups is 1. The molecule has 1 amide bonds. The molecule has 5 nitrogen and oxygen atoms in total. The van der Waals surface area contributed by atoms with Gasteiger partial charge in [0.15, 0.2) is 5.13 Å². The van der Waals surface area contributed by atoms with Crippen molar-refractivity contribution in [3.05, 3.63) is 58.9 Å². The summed E-state index contributed by atoms with van der Waals surface area (Å²) in [5, 5.41) is 0.959. The lowest BCUT2D eigenvalue weighted by Crippen LogP contribution is -2.39. The second-order valence-electron chi connectivity index (χ2n) is 6.85. The van der Waals surface area contributed by atoms with E-state index in [1.807, 2.05) is 0 Å². The Morgan fingerprint density at radius 2 is 2.00 bits per heavy atom. The van der Waals surface area contributed by atoms with Crippen LogP contribution in [0.25, 0.3) is 10.2 Å². The molecule has 2 heterocycles. The van der Waals surface area contributed by atoms with Gasteiger partial charge in [0, 0.05) is 26.2 Å². The maximum Gasteiger partial charge on any atom is 0.261 e. The molecule has 160 valence electrons. The Balaban J connectivity index is 0.00000256. The summed E-state index contributed by atoms with van der Waals surface area (Å²) in [4.78, 5) is 21.9. The van der Waals surface area contributed by atoms with Crippen molar-refractivity contribution < 1.29 is 13.9 Å². The van der Waals surface area contributed by atoms with Crippen LogP contribution in [0.5, 0.6) is 0 Å². The SMILES string of the molecule is Cl.O=C(c1ccccc1Cl)N(CCCN1CCOCC1)c1nc2ccc(F)cc2s1. The largest absolute Gasteiger partial charge is 0.379 e. The van der Waals surface area contributed by atoms with Crippen molar-refractivity contribution in [3.63, 3.8) is 0 Å². The molecule has 0 radical (unpaired) electrons. The van der Waals surface area contributed by atoms with E-state index in [2.05, 4.69) is 9.88 Å². The fourth-order valence-corrected chi connectivity index (χ4v) is 4.57. The highest BCUT2D eigenvalue weighted by Gasteiger charge is 2.23. The second kappa shape index (κ2) is 10.5. The van der Waals surface area contributed by atoms with E-state index in [4.69, 9.17) is 16.3 Å². The number of rotatable bonds is 6. The Labute approximate surface area is 189 Å². The first kappa shape index (κ1) is 22.9. The smallest absolute Gasteiger partial charge is 0.261 e. The molecule has 0 unspecified atom stereocenters. The summed E-state index contributed by atoms with van der Waals surface area (Å²) in [6, 6.07) is 11.5. The van der Waals surface area contributed by atoms with Gasteiger partial charge in [-0.25, -0.2) is 9.37 Å². The maximum absolute atomic E-state index is 13.6. The number of aromatic nitrogens is 1. The number of ether oxygens (including phenoxy) is 1. The van der Waals surface area contributed by atoms with E-state index < -0.39 is 0 Å². The molecular formula is C21H22Cl2FN3O2S. The van der Waals surface area contributed by atoms with E-state index in [0.29, 0.717) is 32.5 Å². The van der Waals surface area contributed by atoms with Crippen molar-refractivity contribution in [3.8, 4) is 0 Å². The second-order valence-corrected chi connectivity index (χ2v) is 8.27. The third kappa shape index (κ3) is 5.28. The molecule has 0 saturated carbocycles. The van der Waals surface area contributed by atoms with E-state index in [1.165, 1.54) is 23.5 Å². The van der Waals surface area contributed by atoms with E-state index in [1.54, 1.807) is 35.2 Å². The summed E-state index contributed by atoms with van der Waals surface area (Å²) < 4.78 is 19.7. The highest BCUT2D eigenvalue weighted by molar-refractivity contribution is 7.22. The molecule has 1 aliphatic rings. The van der Waals surface area contributed by atoms with Gasteiger partial charge in [-0.1, -0.05) is 35.1 Å². The lowest BCUT2D eigenvalue weighted by Gasteiger charge is -2.27. The summed E-state index contributed by atoms with van der Waals surface area (Å²) in [6.45, 7) is 4.66. The van der Waals surface area contributed by atoms with Gasteiger partial charge in [-0.3, -0.25) is 14.6 Å². The van der Waals surface area contributed by atoms with Crippen LogP contribution in [0.15, 0.2) is 42.5 Å². The van der Waals surface area contributed by atoms with E-state index >= 15 is 0 Å². The highest BCUT2D eigenvalue weighted by Crippen LogP contribution is 2.31. The zero-order valence-electron chi connectivity index (χ0n) is 16.2. The molecule has 1 aromatic heterocycles. The number of benzene rings is 2. The maximum atomic E-state index is 13.6. The molecule has 9 heteroatoms.